The number of carbonyl (C=O) groups excluding carboxylic acids is 3. The van der Waals surface area contributed by atoms with Crippen LogP contribution in [0.15, 0.2) is 0 Å². The van der Waals surface area contributed by atoms with Crippen LogP contribution in [0, 0.1) is 11.3 Å². The zero-order chi connectivity index (χ0) is 21.3. The zero-order valence-electron chi connectivity index (χ0n) is 18.3. The van der Waals surface area contributed by atoms with Gasteiger partial charge in [0, 0.05) is 6.04 Å². The number of nitrogens with zero attached hydrogens (tertiary/aromatic N) is 1. The summed E-state index contributed by atoms with van der Waals surface area (Å²) in [5.74, 6) is -0.306. The van der Waals surface area contributed by atoms with Crippen molar-refractivity contribution < 1.29 is 23.9 Å². The molecule has 1 N–H and O–H groups in total. The first-order valence-corrected chi connectivity index (χ1v) is 10.2. The molecule has 2 fully saturated rings. The third-order valence-corrected chi connectivity index (χ3v) is 5.59. The molecule has 1 heterocycles. The van der Waals surface area contributed by atoms with Gasteiger partial charge in [-0.05, 0) is 51.4 Å². The van der Waals surface area contributed by atoms with Gasteiger partial charge < -0.3 is 19.7 Å². The van der Waals surface area contributed by atoms with Crippen molar-refractivity contribution >= 4 is 18.0 Å². The Labute approximate surface area is 168 Å². The highest BCUT2D eigenvalue weighted by Gasteiger charge is 2.51. The number of carbonyl (C=O) groups is 3. The minimum absolute atomic E-state index is 0.0237. The number of rotatable bonds is 3. The van der Waals surface area contributed by atoms with Crippen molar-refractivity contribution in [3.8, 4) is 0 Å². The quantitative estimate of drug-likeness (QED) is 0.740. The van der Waals surface area contributed by atoms with Crippen molar-refractivity contribution in [1.29, 1.82) is 0 Å². The summed E-state index contributed by atoms with van der Waals surface area (Å²) in [6, 6.07) is -1.36. The summed E-state index contributed by atoms with van der Waals surface area (Å²) in [5.41, 5.74) is -1.20. The second-order valence-electron chi connectivity index (χ2n) is 10.1. The van der Waals surface area contributed by atoms with Gasteiger partial charge in [0.2, 0.25) is 5.91 Å². The highest BCUT2D eigenvalue weighted by atomic mass is 16.6. The minimum atomic E-state index is -0.796. The fourth-order valence-electron chi connectivity index (χ4n) is 4.35. The maximum absolute atomic E-state index is 13.6. The van der Waals surface area contributed by atoms with Crippen LogP contribution in [0.2, 0.25) is 0 Å². The summed E-state index contributed by atoms with van der Waals surface area (Å²) >= 11 is 0. The van der Waals surface area contributed by atoms with Gasteiger partial charge in [-0.1, -0.05) is 33.6 Å². The van der Waals surface area contributed by atoms with E-state index >= 15 is 0 Å². The van der Waals surface area contributed by atoms with Crippen LogP contribution in [0.3, 0.4) is 0 Å². The number of fused-ring (bicyclic) bond motifs is 1. The summed E-state index contributed by atoms with van der Waals surface area (Å²) in [7, 11) is 1.35. The Hall–Kier alpha value is -1.79. The third kappa shape index (κ3) is 5.17. The monoisotopic (exact) mass is 396 g/mol. The van der Waals surface area contributed by atoms with Crippen LogP contribution in [0.4, 0.5) is 4.79 Å². The van der Waals surface area contributed by atoms with Gasteiger partial charge in [-0.25, -0.2) is 9.59 Å². The molecule has 0 aromatic carbocycles. The van der Waals surface area contributed by atoms with E-state index < -0.39 is 29.2 Å². The van der Waals surface area contributed by atoms with Crippen LogP contribution in [0.5, 0.6) is 0 Å². The zero-order valence-corrected chi connectivity index (χ0v) is 18.3. The Morgan fingerprint density at radius 1 is 1.04 bits per heavy atom. The molecule has 0 radical (unpaired) electrons. The first kappa shape index (κ1) is 22.5. The molecule has 1 aliphatic carbocycles. The average molecular weight is 397 g/mol. The van der Waals surface area contributed by atoms with Crippen LogP contribution in [0.25, 0.3) is 0 Å². The second-order valence-corrected chi connectivity index (χ2v) is 10.1. The number of methoxy groups -OCH3 is 1. The van der Waals surface area contributed by atoms with Gasteiger partial charge in [0.05, 0.1) is 7.11 Å². The molecule has 0 bridgehead atoms. The van der Waals surface area contributed by atoms with E-state index in [2.05, 4.69) is 5.32 Å². The molecular formula is C21H36N2O5. The topological polar surface area (TPSA) is 84.9 Å². The van der Waals surface area contributed by atoms with Crippen molar-refractivity contribution in [2.45, 2.75) is 97.4 Å². The molecule has 0 spiro atoms. The van der Waals surface area contributed by atoms with Crippen LogP contribution < -0.4 is 5.32 Å². The summed E-state index contributed by atoms with van der Waals surface area (Å²) in [6.07, 6.45) is 4.06. The molecule has 7 heteroatoms. The minimum Gasteiger partial charge on any atom is -0.467 e. The van der Waals surface area contributed by atoms with Gasteiger partial charge in [0.1, 0.15) is 17.7 Å². The van der Waals surface area contributed by atoms with Crippen LogP contribution >= 0.6 is 0 Å². The average Bonchev–Trinajstić information content (AvgIpc) is 2.95. The highest BCUT2D eigenvalue weighted by Crippen LogP contribution is 2.41. The van der Waals surface area contributed by atoms with Crippen molar-refractivity contribution in [2.24, 2.45) is 11.3 Å². The van der Waals surface area contributed by atoms with E-state index in [1.54, 1.807) is 25.7 Å². The SMILES string of the molecule is COC(=O)[C@@H]1CC2CCCCC2N1C(=O)[C@@H](NC(=O)OC(C)(C)C)C(C)(C)C. The number of nitrogens with one attached hydrogen (secondary N) is 1. The van der Waals surface area contributed by atoms with Gasteiger partial charge in [-0.2, -0.15) is 0 Å². The van der Waals surface area contributed by atoms with E-state index in [1.165, 1.54) is 7.11 Å². The molecule has 2 rings (SSSR count). The first-order valence-electron chi connectivity index (χ1n) is 10.2. The van der Waals surface area contributed by atoms with Crippen molar-refractivity contribution in [2.75, 3.05) is 7.11 Å². The Morgan fingerprint density at radius 2 is 1.64 bits per heavy atom. The normalized spacial score (nSPS) is 26.2. The Balaban J connectivity index is 2.29. The smallest absolute Gasteiger partial charge is 0.408 e. The molecule has 28 heavy (non-hydrogen) atoms. The van der Waals surface area contributed by atoms with E-state index in [0.29, 0.717) is 12.3 Å². The molecule has 0 aromatic heterocycles. The lowest BCUT2D eigenvalue weighted by Gasteiger charge is -2.39. The number of hydrogen-bond acceptors (Lipinski definition) is 5. The van der Waals surface area contributed by atoms with Gasteiger partial charge >= 0.3 is 12.1 Å². The number of ether oxygens (including phenoxy) is 2. The molecule has 0 aromatic rings. The predicted octanol–water partition coefficient (Wildman–Crippen LogP) is 3.26. The van der Waals surface area contributed by atoms with Crippen molar-refractivity contribution in [1.82, 2.24) is 10.2 Å². The summed E-state index contributed by atoms with van der Waals surface area (Å²) in [4.78, 5) is 40.1. The second kappa shape index (κ2) is 8.29. The number of likely N-dealkylation sites (tertiary alicyclic amines) is 1. The van der Waals surface area contributed by atoms with Gasteiger partial charge in [-0.15, -0.1) is 0 Å². The van der Waals surface area contributed by atoms with Crippen LogP contribution in [0.1, 0.15) is 73.6 Å². The Bertz CT molecular complexity index is 605. The largest absolute Gasteiger partial charge is 0.467 e. The Morgan fingerprint density at radius 3 is 2.18 bits per heavy atom. The predicted molar refractivity (Wildman–Crippen MR) is 106 cm³/mol. The lowest BCUT2D eigenvalue weighted by molar-refractivity contribution is -0.154. The van der Waals surface area contributed by atoms with Gasteiger partial charge in [-0.3, -0.25) is 4.79 Å². The number of amides is 2. The molecule has 2 aliphatic rings. The molecular weight excluding hydrogens is 360 g/mol. The van der Waals surface area contributed by atoms with E-state index in [9.17, 15) is 14.4 Å². The lowest BCUT2D eigenvalue weighted by atomic mass is 9.83. The van der Waals surface area contributed by atoms with Gasteiger partial charge in [0.15, 0.2) is 0 Å². The molecule has 7 nitrogen and oxygen atoms in total. The third-order valence-electron chi connectivity index (χ3n) is 5.59. The number of esters is 1. The van der Waals surface area contributed by atoms with E-state index in [1.807, 2.05) is 20.8 Å². The van der Waals surface area contributed by atoms with Gasteiger partial charge in [0.25, 0.3) is 0 Å². The van der Waals surface area contributed by atoms with E-state index in [-0.39, 0.29) is 17.9 Å². The maximum Gasteiger partial charge on any atom is 0.408 e. The lowest BCUT2D eigenvalue weighted by Crippen LogP contribution is -2.59. The fourth-order valence-corrected chi connectivity index (χ4v) is 4.35. The van der Waals surface area contributed by atoms with Crippen LogP contribution in [-0.4, -0.2) is 53.7 Å². The standard InChI is InChI=1S/C21H36N2O5/c1-20(2,3)16(22-19(26)28-21(4,5)6)17(24)23-14-11-9-8-10-13(14)12-15(23)18(25)27-7/h13-16H,8-12H2,1-7H3,(H,22,26)/t13?,14?,15-,16+/m0/s1. The molecule has 1 saturated heterocycles. The summed E-state index contributed by atoms with van der Waals surface area (Å²) in [6.45, 7) is 11.0. The molecule has 1 aliphatic heterocycles. The summed E-state index contributed by atoms with van der Waals surface area (Å²) < 4.78 is 10.4. The molecule has 1 saturated carbocycles. The molecule has 160 valence electrons. The van der Waals surface area contributed by atoms with E-state index in [0.717, 1.165) is 25.7 Å². The first-order chi connectivity index (χ1) is 12.8. The van der Waals surface area contributed by atoms with Crippen molar-refractivity contribution in [3.05, 3.63) is 0 Å². The Kier molecular flexibility index (Phi) is 6.66. The number of alkyl carbamates (subject to hydrolysis) is 1. The number of hydrogen-bond donors (Lipinski definition) is 1. The fraction of sp³-hybridized carbons (Fsp3) is 0.857. The van der Waals surface area contributed by atoms with Crippen molar-refractivity contribution in [3.63, 3.8) is 0 Å². The molecule has 2 unspecified atom stereocenters. The molecule has 2 amide bonds. The van der Waals surface area contributed by atoms with Crippen LogP contribution in [-0.2, 0) is 19.1 Å². The highest BCUT2D eigenvalue weighted by molar-refractivity contribution is 5.91. The van der Waals surface area contributed by atoms with E-state index in [4.69, 9.17) is 9.47 Å². The maximum atomic E-state index is 13.6. The summed E-state index contributed by atoms with van der Waals surface area (Å²) in [5, 5.41) is 2.76. The molecule has 4 atom stereocenters.